The van der Waals surface area contributed by atoms with Gasteiger partial charge >= 0.3 is 6.03 Å². The highest BCUT2D eigenvalue weighted by atomic mass is 35.5. The molecule has 8 heteroatoms. The van der Waals surface area contributed by atoms with Gasteiger partial charge in [-0.1, -0.05) is 6.07 Å². The summed E-state index contributed by atoms with van der Waals surface area (Å²) in [5, 5.41) is 8.40. The first-order valence-electron chi connectivity index (χ1n) is 8.56. The Morgan fingerprint density at radius 3 is 2.44 bits per heavy atom. The van der Waals surface area contributed by atoms with E-state index in [0.717, 1.165) is 12.8 Å². The van der Waals surface area contributed by atoms with Crippen molar-refractivity contribution in [2.75, 3.05) is 23.8 Å². The molecule has 1 aliphatic carbocycles. The number of benzene rings is 2. The molecule has 0 heterocycles. The van der Waals surface area contributed by atoms with Crippen LogP contribution < -0.4 is 26.4 Å². The van der Waals surface area contributed by atoms with Gasteiger partial charge in [0.2, 0.25) is 0 Å². The Bertz CT molecular complexity index is 779. The van der Waals surface area contributed by atoms with E-state index in [4.69, 9.17) is 10.5 Å². The van der Waals surface area contributed by atoms with Gasteiger partial charge in [0.25, 0.3) is 5.91 Å². The highest BCUT2D eigenvalue weighted by Crippen LogP contribution is 2.20. The maximum atomic E-state index is 12.4. The molecule has 2 aromatic rings. The van der Waals surface area contributed by atoms with Crippen molar-refractivity contribution in [1.29, 1.82) is 0 Å². The van der Waals surface area contributed by atoms with Crippen molar-refractivity contribution >= 4 is 35.7 Å². The summed E-state index contributed by atoms with van der Waals surface area (Å²) in [6, 6.07) is 13.9. The van der Waals surface area contributed by atoms with Crippen molar-refractivity contribution in [1.82, 2.24) is 5.32 Å². The Kier molecular flexibility index (Phi) is 7.45. The van der Waals surface area contributed by atoms with E-state index < -0.39 is 0 Å². The quantitative estimate of drug-likeness (QED) is 0.583. The number of hydrogen-bond acceptors (Lipinski definition) is 4. The monoisotopic (exact) mass is 390 g/mol. The summed E-state index contributed by atoms with van der Waals surface area (Å²) in [5.41, 5.74) is 7.07. The standard InChI is InChI=1S/C19H22N4O3.ClH/c20-10-11-26-17-8-6-14(7-9-17)21-18(24)13-2-1-3-16(12-13)23-19(25)22-15-4-5-15;/h1-3,6-9,12,15H,4-5,10-11,20H2,(H,21,24)(H2,22,23,25);1H. The third-order valence-corrected chi connectivity index (χ3v) is 3.79. The number of carbonyl (C=O) groups excluding carboxylic acids is 2. The lowest BCUT2D eigenvalue weighted by atomic mass is 10.2. The molecular weight excluding hydrogens is 368 g/mol. The number of anilines is 2. The molecule has 1 saturated carbocycles. The van der Waals surface area contributed by atoms with Crippen molar-refractivity contribution < 1.29 is 14.3 Å². The van der Waals surface area contributed by atoms with E-state index in [1.807, 2.05) is 0 Å². The summed E-state index contributed by atoms with van der Waals surface area (Å²) < 4.78 is 5.40. The molecular formula is C19H23ClN4O3. The molecule has 1 fully saturated rings. The van der Waals surface area contributed by atoms with Crippen molar-refractivity contribution in [3.05, 3.63) is 54.1 Å². The Morgan fingerprint density at radius 1 is 1.04 bits per heavy atom. The third kappa shape index (κ3) is 6.47. The van der Waals surface area contributed by atoms with Crippen LogP contribution in [-0.2, 0) is 0 Å². The van der Waals surface area contributed by atoms with Gasteiger partial charge in [0.05, 0.1) is 0 Å². The molecule has 27 heavy (non-hydrogen) atoms. The Hall–Kier alpha value is -2.77. The molecule has 144 valence electrons. The number of nitrogens with two attached hydrogens (primary N) is 1. The van der Waals surface area contributed by atoms with E-state index in [9.17, 15) is 9.59 Å². The van der Waals surface area contributed by atoms with Gasteiger partial charge in [-0.2, -0.15) is 0 Å². The van der Waals surface area contributed by atoms with Crippen LogP contribution in [0.4, 0.5) is 16.2 Å². The third-order valence-electron chi connectivity index (χ3n) is 3.79. The number of amides is 3. The maximum absolute atomic E-state index is 12.4. The highest BCUT2D eigenvalue weighted by molar-refractivity contribution is 6.05. The average Bonchev–Trinajstić information content (AvgIpc) is 3.45. The lowest BCUT2D eigenvalue weighted by Gasteiger charge is -2.10. The van der Waals surface area contributed by atoms with Crippen LogP contribution >= 0.6 is 12.4 Å². The minimum absolute atomic E-state index is 0. The first-order valence-corrected chi connectivity index (χ1v) is 8.56. The van der Waals surface area contributed by atoms with Crippen LogP contribution in [0.25, 0.3) is 0 Å². The molecule has 2 aromatic carbocycles. The van der Waals surface area contributed by atoms with Crippen LogP contribution in [0.15, 0.2) is 48.5 Å². The minimum Gasteiger partial charge on any atom is -0.492 e. The van der Waals surface area contributed by atoms with Gasteiger partial charge in [0, 0.05) is 29.5 Å². The van der Waals surface area contributed by atoms with Crippen LogP contribution in [0.1, 0.15) is 23.2 Å². The second kappa shape index (κ2) is 9.80. The molecule has 0 aliphatic heterocycles. The molecule has 0 radical (unpaired) electrons. The van der Waals surface area contributed by atoms with Crippen molar-refractivity contribution in [3.63, 3.8) is 0 Å². The Labute approximate surface area is 164 Å². The summed E-state index contributed by atoms with van der Waals surface area (Å²) >= 11 is 0. The Morgan fingerprint density at radius 2 is 1.78 bits per heavy atom. The van der Waals surface area contributed by atoms with Crippen LogP contribution in [0, 0.1) is 0 Å². The number of ether oxygens (including phenoxy) is 1. The molecule has 3 rings (SSSR count). The molecule has 1 aliphatic rings. The van der Waals surface area contributed by atoms with Crippen molar-refractivity contribution in [2.45, 2.75) is 18.9 Å². The zero-order valence-electron chi connectivity index (χ0n) is 14.7. The minimum atomic E-state index is -0.258. The SMILES string of the molecule is Cl.NCCOc1ccc(NC(=O)c2cccc(NC(=O)NC3CC3)c2)cc1. The average molecular weight is 391 g/mol. The summed E-state index contributed by atoms with van der Waals surface area (Å²) in [4.78, 5) is 24.2. The number of hydrogen-bond donors (Lipinski definition) is 4. The lowest BCUT2D eigenvalue weighted by molar-refractivity contribution is 0.102. The van der Waals surface area contributed by atoms with Crippen LogP contribution in [0.2, 0.25) is 0 Å². The number of nitrogens with one attached hydrogen (secondary N) is 3. The van der Waals surface area contributed by atoms with Gasteiger partial charge in [-0.05, 0) is 55.3 Å². The second-order valence-electron chi connectivity index (χ2n) is 6.07. The predicted octanol–water partition coefficient (Wildman–Crippen LogP) is 2.98. The van der Waals surface area contributed by atoms with E-state index >= 15 is 0 Å². The van der Waals surface area contributed by atoms with Gasteiger partial charge in [-0.25, -0.2) is 4.79 Å². The molecule has 0 saturated heterocycles. The number of rotatable bonds is 7. The fraction of sp³-hybridized carbons (Fsp3) is 0.263. The van der Waals surface area contributed by atoms with E-state index in [1.54, 1.807) is 48.5 Å². The molecule has 0 spiro atoms. The summed E-state index contributed by atoms with van der Waals surface area (Å²) in [6.45, 7) is 0.890. The van der Waals surface area contributed by atoms with Gasteiger partial charge in [0.15, 0.2) is 0 Å². The van der Waals surface area contributed by atoms with Crippen LogP contribution in [-0.4, -0.2) is 31.1 Å². The largest absolute Gasteiger partial charge is 0.492 e. The van der Waals surface area contributed by atoms with Crippen molar-refractivity contribution in [3.8, 4) is 5.75 Å². The fourth-order valence-corrected chi connectivity index (χ4v) is 2.33. The summed E-state index contributed by atoms with van der Waals surface area (Å²) in [5.74, 6) is 0.438. The van der Waals surface area contributed by atoms with Gasteiger partial charge in [0.1, 0.15) is 12.4 Å². The number of urea groups is 1. The van der Waals surface area contributed by atoms with E-state index in [1.165, 1.54) is 0 Å². The zero-order valence-corrected chi connectivity index (χ0v) is 15.6. The second-order valence-corrected chi connectivity index (χ2v) is 6.07. The topological polar surface area (TPSA) is 105 Å². The van der Waals surface area contributed by atoms with Crippen LogP contribution in [0.5, 0.6) is 5.75 Å². The predicted molar refractivity (Wildman–Crippen MR) is 108 cm³/mol. The number of carbonyl (C=O) groups is 2. The van der Waals surface area contributed by atoms with E-state index in [0.29, 0.717) is 35.8 Å². The molecule has 0 bridgehead atoms. The lowest BCUT2D eigenvalue weighted by Crippen LogP contribution is -2.30. The molecule has 0 unspecified atom stereocenters. The maximum Gasteiger partial charge on any atom is 0.319 e. The van der Waals surface area contributed by atoms with E-state index in [-0.39, 0.29) is 30.4 Å². The summed E-state index contributed by atoms with van der Waals surface area (Å²) in [7, 11) is 0. The Balaban J connectivity index is 0.00000261. The first kappa shape index (κ1) is 20.5. The fourth-order valence-electron chi connectivity index (χ4n) is 2.33. The van der Waals surface area contributed by atoms with Crippen LogP contribution in [0.3, 0.4) is 0 Å². The molecule has 0 aromatic heterocycles. The first-order chi connectivity index (χ1) is 12.6. The smallest absolute Gasteiger partial charge is 0.319 e. The molecule has 5 N–H and O–H groups in total. The highest BCUT2D eigenvalue weighted by Gasteiger charge is 2.23. The van der Waals surface area contributed by atoms with Gasteiger partial charge in [-0.15, -0.1) is 12.4 Å². The zero-order chi connectivity index (χ0) is 18.4. The molecule has 0 atom stereocenters. The van der Waals surface area contributed by atoms with Gasteiger partial charge < -0.3 is 26.4 Å². The summed E-state index contributed by atoms with van der Waals surface area (Å²) in [6.07, 6.45) is 2.04. The number of halogens is 1. The van der Waals surface area contributed by atoms with E-state index in [2.05, 4.69) is 16.0 Å². The van der Waals surface area contributed by atoms with Crippen molar-refractivity contribution in [2.24, 2.45) is 5.73 Å². The molecule has 7 nitrogen and oxygen atoms in total. The molecule has 3 amide bonds. The van der Waals surface area contributed by atoms with Gasteiger partial charge in [-0.3, -0.25) is 4.79 Å². The normalized spacial score (nSPS) is 12.5.